The molecule has 33 heavy (non-hydrogen) atoms. The van der Waals surface area contributed by atoms with Crippen LogP contribution in [0.25, 0.3) is 10.9 Å². The van der Waals surface area contributed by atoms with E-state index >= 15 is 0 Å². The third-order valence-electron chi connectivity index (χ3n) is 7.47. The van der Waals surface area contributed by atoms with Gasteiger partial charge in [0, 0.05) is 54.2 Å². The molecule has 2 fully saturated rings. The summed E-state index contributed by atoms with van der Waals surface area (Å²) in [5.41, 5.74) is 1.97. The molecule has 0 aliphatic carbocycles. The average molecular weight is 472 g/mol. The number of Topliss-reactive ketones (excluding diaryl/α,β-unsaturated/α-hetero) is 1. The maximum atomic E-state index is 13.0. The summed E-state index contributed by atoms with van der Waals surface area (Å²) in [5, 5.41) is 4.71. The summed E-state index contributed by atoms with van der Waals surface area (Å²) in [6.07, 6.45) is 9.13. The number of carbonyl (C=O) groups is 2. The zero-order chi connectivity index (χ0) is 23.8. The summed E-state index contributed by atoms with van der Waals surface area (Å²) >= 11 is 6.17. The molecule has 1 amide bonds. The molecule has 2 saturated heterocycles. The SMILES string of the molecule is Cn1cc(C(=O)NCC2C[C@H]3CC[C@@H](C2)N3CC(=O)CCCC(C)(C)C)c2cc(Cl)ccc21. The predicted octanol–water partition coefficient (Wildman–Crippen LogP) is 5.59. The zero-order valence-electron chi connectivity index (χ0n) is 20.5. The van der Waals surface area contributed by atoms with Crippen molar-refractivity contribution in [2.24, 2.45) is 18.4 Å². The summed E-state index contributed by atoms with van der Waals surface area (Å²) in [6.45, 7) is 8.00. The smallest absolute Gasteiger partial charge is 0.253 e. The fourth-order valence-corrected chi connectivity index (χ4v) is 5.96. The van der Waals surface area contributed by atoms with E-state index in [0.717, 1.165) is 36.6 Å². The highest BCUT2D eigenvalue weighted by Gasteiger charge is 2.41. The Bertz CT molecular complexity index is 1010. The fraction of sp³-hybridized carbons (Fsp3) is 0.630. The maximum Gasteiger partial charge on any atom is 0.253 e. The molecule has 1 unspecified atom stereocenters. The number of nitrogens with zero attached hydrogens (tertiary/aromatic N) is 2. The number of rotatable bonds is 8. The lowest BCUT2D eigenvalue weighted by Crippen LogP contribution is -2.47. The van der Waals surface area contributed by atoms with Crippen LogP contribution in [0, 0.1) is 11.3 Å². The standard InChI is InChI=1S/C27H38ClN3O2/c1-27(2,3)11-5-6-22(32)16-31-20-8-9-21(31)13-18(12-20)15-29-26(33)24-17-30(4)25-10-7-19(28)14-23(24)25/h7,10,14,17-18,20-21H,5-6,8-9,11-13,15-16H2,1-4H3,(H,29,33)/t18?,20-,21+. The molecule has 2 aliphatic heterocycles. The van der Waals surface area contributed by atoms with E-state index in [9.17, 15) is 9.59 Å². The monoisotopic (exact) mass is 471 g/mol. The molecule has 2 bridgehead atoms. The first-order valence-electron chi connectivity index (χ1n) is 12.4. The lowest BCUT2D eigenvalue weighted by Gasteiger charge is -2.38. The average Bonchev–Trinajstić information content (AvgIpc) is 3.16. The number of ketones is 1. The fourth-order valence-electron chi connectivity index (χ4n) is 5.79. The van der Waals surface area contributed by atoms with Gasteiger partial charge in [0.15, 0.2) is 0 Å². The second-order valence-electron chi connectivity index (χ2n) is 11.4. The van der Waals surface area contributed by atoms with Gasteiger partial charge in [0.05, 0.1) is 12.1 Å². The van der Waals surface area contributed by atoms with Crippen LogP contribution in [0.3, 0.4) is 0 Å². The third kappa shape index (κ3) is 5.81. The molecule has 0 saturated carbocycles. The van der Waals surface area contributed by atoms with Crippen molar-refractivity contribution in [2.75, 3.05) is 13.1 Å². The van der Waals surface area contributed by atoms with Crippen LogP contribution in [0.15, 0.2) is 24.4 Å². The van der Waals surface area contributed by atoms with Gasteiger partial charge in [-0.05, 0) is 68.1 Å². The van der Waals surface area contributed by atoms with Gasteiger partial charge in [0.1, 0.15) is 5.78 Å². The third-order valence-corrected chi connectivity index (χ3v) is 7.71. The highest BCUT2D eigenvalue weighted by molar-refractivity contribution is 6.31. The van der Waals surface area contributed by atoms with Gasteiger partial charge in [-0.2, -0.15) is 0 Å². The van der Waals surface area contributed by atoms with E-state index in [2.05, 4.69) is 31.0 Å². The van der Waals surface area contributed by atoms with Crippen molar-refractivity contribution in [3.63, 3.8) is 0 Å². The van der Waals surface area contributed by atoms with Crippen molar-refractivity contribution >= 4 is 34.2 Å². The number of aryl methyl sites for hydroxylation is 1. The molecule has 0 spiro atoms. The maximum absolute atomic E-state index is 13.0. The number of piperidine rings is 1. The molecule has 3 atom stereocenters. The van der Waals surface area contributed by atoms with Crippen LogP contribution >= 0.6 is 11.6 Å². The molecular formula is C27H38ClN3O2. The molecule has 1 N–H and O–H groups in total. The molecule has 1 aromatic heterocycles. The quantitative estimate of drug-likeness (QED) is 0.546. The number of fused-ring (bicyclic) bond motifs is 3. The number of amides is 1. The molecule has 3 heterocycles. The van der Waals surface area contributed by atoms with E-state index in [1.165, 1.54) is 12.8 Å². The summed E-state index contributed by atoms with van der Waals surface area (Å²) < 4.78 is 1.97. The first-order chi connectivity index (χ1) is 15.6. The van der Waals surface area contributed by atoms with Gasteiger partial charge in [-0.3, -0.25) is 14.5 Å². The highest BCUT2D eigenvalue weighted by atomic mass is 35.5. The second-order valence-corrected chi connectivity index (χ2v) is 11.8. The molecule has 6 heteroatoms. The van der Waals surface area contributed by atoms with E-state index in [4.69, 9.17) is 11.6 Å². The summed E-state index contributed by atoms with van der Waals surface area (Å²) in [7, 11) is 1.95. The molecule has 180 valence electrons. The van der Waals surface area contributed by atoms with Crippen LogP contribution in [0.4, 0.5) is 0 Å². The van der Waals surface area contributed by atoms with Crippen molar-refractivity contribution in [3.8, 4) is 0 Å². The summed E-state index contributed by atoms with van der Waals surface area (Å²) in [5.74, 6) is 0.821. The summed E-state index contributed by atoms with van der Waals surface area (Å²) in [4.78, 5) is 28.0. The van der Waals surface area contributed by atoms with E-state index in [1.807, 2.05) is 36.0 Å². The largest absolute Gasteiger partial charge is 0.352 e. The molecule has 5 nitrogen and oxygen atoms in total. The Morgan fingerprint density at radius 3 is 2.52 bits per heavy atom. The van der Waals surface area contributed by atoms with Gasteiger partial charge in [-0.1, -0.05) is 32.4 Å². The Kier molecular flexibility index (Phi) is 7.20. The van der Waals surface area contributed by atoms with Crippen molar-refractivity contribution in [1.82, 2.24) is 14.8 Å². The predicted molar refractivity (Wildman–Crippen MR) is 135 cm³/mol. The van der Waals surface area contributed by atoms with Crippen LogP contribution in [-0.4, -0.2) is 46.3 Å². The molecule has 2 aliphatic rings. The minimum Gasteiger partial charge on any atom is -0.352 e. The molecule has 1 aromatic carbocycles. The minimum absolute atomic E-state index is 0.0355. The lowest BCUT2D eigenvalue weighted by atomic mass is 9.88. The Hall–Kier alpha value is -1.85. The van der Waals surface area contributed by atoms with Crippen LogP contribution < -0.4 is 5.32 Å². The van der Waals surface area contributed by atoms with Crippen LogP contribution in [-0.2, 0) is 11.8 Å². The van der Waals surface area contributed by atoms with Crippen molar-refractivity contribution in [2.45, 2.75) is 77.8 Å². The van der Waals surface area contributed by atoms with E-state index < -0.39 is 0 Å². The number of benzene rings is 1. The Balaban J connectivity index is 1.29. The van der Waals surface area contributed by atoms with Gasteiger partial charge >= 0.3 is 0 Å². The number of halogens is 1. The number of carbonyl (C=O) groups excluding carboxylic acids is 2. The van der Waals surface area contributed by atoms with Crippen molar-refractivity contribution < 1.29 is 9.59 Å². The molecule has 0 radical (unpaired) electrons. The minimum atomic E-state index is -0.0355. The first-order valence-corrected chi connectivity index (χ1v) is 12.8. The Morgan fingerprint density at radius 2 is 1.85 bits per heavy atom. The number of hydrogen-bond donors (Lipinski definition) is 1. The van der Waals surface area contributed by atoms with E-state index in [-0.39, 0.29) is 5.91 Å². The van der Waals surface area contributed by atoms with Crippen molar-refractivity contribution in [1.29, 1.82) is 0 Å². The molecular weight excluding hydrogens is 434 g/mol. The van der Waals surface area contributed by atoms with E-state index in [1.54, 1.807) is 0 Å². The number of aromatic nitrogens is 1. The Morgan fingerprint density at radius 1 is 1.15 bits per heavy atom. The van der Waals surface area contributed by atoms with E-state index in [0.29, 0.717) is 59.3 Å². The van der Waals surface area contributed by atoms with Crippen LogP contribution in [0.1, 0.15) is 76.1 Å². The van der Waals surface area contributed by atoms with Crippen LogP contribution in [0.5, 0.6) is 0 Å². The normalized spacial score (nSPS) is 23.2. The van der Waals surface area contributed by atoms with Gasteiger partial charge in [0.2, 0.25) is 0 Å². The number of hydrogen-bond acceptors (Lipinski definition) is 3. The number of nitrogens with one attached hydrogen (secondary N) is 1. The lowest BCUT2D eigenvalue weighted by molar-refractivity contribution is -0.121. The molecule has 4 rings (SSSR count). The second kappa shape index (κ2) is 9.79. The van der Waals surface area contributed by atoms with Crippen LogP contribution in [0.2, 0.25) is 5.02 Å². The summed E-state index contributed by atoms with van der Waals surface area (Å²) in [6, 6.07) is 6.63. The Labute approximate surface area is 202 Å². The van der Waals surface area contributed by atoms with Gasteiger partial charge in [0.25, 0.3) is 5.91 Å². The zero-order valence-corrected chi connectivity index (χ0v) is 21.3. The highest BCUT2D eigenvalue weighted by Crippen LogP contribution is 2.38. The van der Waals surface area contributed by atoms with Gasteiger partial charge in [-0.15, -0.1) is 0 Å². The van der Waals surface area contributed by atoms with Gasteiger partial charge < -0.3 is 9.88 Å². The van der Waals surface area contributed by atoms with Gasteiger partial charge in [-0.25, -0.2) is 0 Å². The molecule has 2 aromatic rings. The topological polar surface area (TPSA) is 54.3 Å². The first kappa shape index (κ1) is 24.3. The van der Waals surface area contributed by atoms with Crippen molar-refractivity contribution in [3.05, 3.63) is 35.0 Å².